The number of fused-ring (bicyclic) bond motifs is 1. The van der Waals surface area contributed by atoms with Gasteiger partial charge in [-0.3, -0.25) is 0 Å². The molecule has 1 aliphatic carbocycles. The van der Waals surface area contributed by atoms with Gasteiger partial charge in [0, 0.05) is 6.04 Å². The monoisotopic (exact) mass is 215 g/mol. The zero-order valence-corrected chi connectivity index (χ0v) is 10.1. The van der Waals surface area contributed by atoms with Crippen LogP contribution < -0.4 is 5.32 Å². The van der Waals surface area contributed by atoms with Gasteiger partial charge in [-0.1, -0.05) is 29.8 Å². The number of nitrogens with one attached hydrogen (secondary N) is 1. The fourth-order valence-electron chi connectivity index (χ4n) is 2.43. The molecule has 1 aromatic rings. The minimum atomic E-state index is 0.560. The molecule has 1 aromatic carbocycles. The summed E-state index contributed by atoms with van der Waals surface area (Å²) in [6.07, 6.45) is 4.91. The summed E-state index contributed by atoms with van der Waals surface area (Å²) in [5.41, 5.74) is 4.30. The van der Waals surface area contributed by atoms with E-state index in [0.29, 0.717) is 6.04 Å². The lowest BCUT2D eigenvalue weighted by atomic mass is 9.88. The molecule has 1 aliphatic rings. The van der Waals surface area contributed by atoms with Crippen molar-refractivity contribution in [1.29, 1.82) is 0 Å². The molecule has 1 unspecified atom stereocenters. The van der Waals surface area contributed by atoms with Gasteiger partial charge < -0.3 is 5.32 Å². The van der Waals surface area contributed by atoms with Gasteiger partial charge in [-0.05, 0) is 50.3 Å². The maximum atomic E-state index is 3.94. The predicted octanol–water partition coefficient (Wildman–Crippen LogP) is 3.62. The zero-order valence-electron chi connectivity index (χ0n) is 10.1. The highest BCUT2D eigenvalue weighted by molar-refractivity contribution is 5.32. The van der Waals surface area contributed by atoms with Crippen molar-refractivity contribution in [2.24, 2.45) is 0 Å². The number of benzene rings is 1. The van der Waals surface area contributed by atoms with Crippen LogP contribution in [0.15, 0.2) is 36.4 Å². The Balaban J connectivity index is 1.99. The molecule has 0 saturated carbocycles. The van der Waals surface area contributed by atoms with E-state index in [9.17, 15) is 0 Å². The molecule has 1 nitrogen and oxygen atoms in total. The molecule has 0 amide bonds. The third-order valence-electron chi connectivity index (χ3n) is 3.31. The summed E-state index contributed by atoms with van der Waals surface area (Å²) in [5.74, 6) is 0. The van der Waals surface area contributed by atoms with E-state index in [4.69, 9.17) is 0 Å². The van der Waals surface area contributed by atoms with Crippen molar-refractivity contribution in [2.75, 3.05) is 6.54 Å². The predicted molar refractivity (Wildman–Crippen MR) is 69.6 cm³/mol. The van der Waals surface area contributed by atoms with Crippen molar-refractivity contribution in [1.82, 2.24) is 5.32 Å². The maximum Gasteiger partial charge on any atom is 0.0323 e. The standard InChI is InChI=1S/C15H21N/c1-12(2)10-11-16-15-9-5-7-13-6-3-4-8-14(13)15/h3-4,6,8,15-16H,1,5,7,9-11H2,2H3. The van der Waals surface area contributed by atoms with Gasteiger partial charge in [0.05, 0.1) is 0 Å². The van der Waals surface area contributed by atoms with Crippen molar-refractivity contribution >= 4 is 0 Å². The van der Waals surface area contributed by atoms with E-state index in [1.54, 1.807) is 0 Å². The summed E-state index contributed by atoms with van der Waals surface area (Å²) in [7, 11) is 0. The molecule has 0 saturated heterocycles. The van der Waals surface area contributed by atoms with Crippen molar-refractivity contribution in [2.45, 2.75) is 38.6 Å². The Morgan fingerprint density at radius 3 is 3.06 bits per heavy atom. The summed E-state index contributed by atoms with van der Waals surface area (Å²) in [6.45, 7) is 7.09. The van der Waals surface area contributed by atoms with Gasteiger partial charge in [0.1, 0.15) is 0 Å². The Morgan fingerprint density at radius 1 is 1.44 bits per heavy atom. The lowest BCUT2D eigenvalue weighted by Crippen LogP contribution is -2.26. The minimum Gasteiger partial charge on any atom is -0.310 e. The second kappa shape index (κ2) is 5.31. The van der Waals surface area contributed by atoms with E-state index in [2.05, 4.69) is 43.1 Å². The third kappa shape index (κ3) is 2.73. The SMILES string of the molecule is C=C(C)CCNC1CCCc2ccccc21. The van der Waals surface area contributed by atoms with E-state index in [1.807, 2.05) is 0 Å². The lowest BCUT2D eigenvalue weighted by Gasteiger charge is -2.26. The quantitative estimate of drug-likeness (QED) is 0.756. The molecule has 0 spiro atoms. The molecule has 1 atom stereocenters. The first-order valence-electron chi connectivity index (χ1n) is 6.23. The van der Waals surface area contributed by atoms with E-state index in [0.717, 1.165) is 13.0 Å². The van der Waals surface area contributed by atoms with Crippen LogP contribution in [0.3, 0.4) is 0 Å². The third-order valence-corrected chi connectivity index (χ3v) is 3.31. The van der Waals surface area contributed by atoms with Gasteiger partial charge in [0.2, 0.25) is 0 Å². The highest BCUT2D eigenvalue weighted by Gasteiger charge is 2.18. The Kier molecular flexibility index (Phi) is 3.79. The number of hydrogen-bond acceptors (Lipinski definition) is 1. The highest BCUT2D eigenvalue weighted by atomic mass is 14.9. The summed E-state index contributed by atoms with van der Waals surface area (Å²) >= 11 is 0. The largest absolute Gasteiger partial charge is 0.310 e. The van der Waals surface area contributed by atoms with Crippen LogP contribution in [-0.2, 0) is 6.42 Å². The first kappa shape index (κ1) is 11.4. The van der Waals surface area contributed by atoms with Crippen LogP contribution >= 0.6 is 0 Å². The van der Waals surface area contributed by atoms with Crippen LogP contribution in [-0.4, -0.2) is 6.54 Å². The fraction of sp³-hybridized carbons (Fsp3) is 0.467. The van der Waals surface area contributed by atoms with E-state index in [-0.39, 0.29) is 0 Å². The molecule has 0 aromatic heterocycles. The first-order valence-corrected chi connectivity index (χ1v) is 6.23. The van der Waals surface area contributed by atoms with E-state index >= 15 is 0 Å². The van der Waals surface area contributed by atoms with Crippen LogP contribution in [0.2, 0.25) is 0 Å². The minimum absolute atomic E-state index is 0.560. The molecule has 86 valence electrons. The summed E-state index contributed by atoms with van der Waals surface area (Å²) in [6, 6.07) is 9.39. The molecule has 0 heterocycles. The molecule has 0 aliphatic heterocycles. The highest BCUT2D eigenvalue weighted by Crippen LogP contribution is 2.29. The van der Waals surface area contributed by atoms with Gasteiger partial charge in [0.15, 0.2) is 0 Å². The van der Waals surface area contributed by atoms with E-state index in [1.165, 1.54) is 36.0 Å². The maximum absolute atomic E-state index is 3.94. The van der Waals surface area contributed by atoms with Gasteiger partial charge >= 0.3 is 0 Å². The molecule has 0 bridgehead atoms. The number of hydrogen-bond donors (Lipinski definition) is 1. The second-order valence-electron chi connectivity index (χ2n) is 4.80. The molecular weight excluding hydrogens is 194 g/mol. The molecular formula is C15H21N. The van der Waals surface area contributed by atoms with Crippen molar-refractivity contribution < 1.29 is 0 Å². The Bertz CT molecular complexity index is 367. The van der Waals surface area contributed by atoms with E-state index < -0.39 is 0 Å². The summed E-state index contributed by atoms with van der Waals surface area (Å²) < 4.78 is 0. The summed E-state index contributed by atoms with van der Waals surface area (Å²) in [5, 5.41) is 3.65. The number of rotatable bonds is 4. The van der Waals surface area contributed by atoms with Crippen molar-refractivity contribution in [3.63, 3.8) is 0 Å². The normalized spacial score (nSPS) is 19.2. The molecule has 2 rings (SSSR count). The average Bonchev–Trinajstić information content (AvgIpc) is 2.29. The lowest BCUT2D eigenvalue weighted by molar-refractivity contribution is 0.463. The first-order chi connectivity index (χ1) is 7.77. The molecule has 0 fully saturated rings. The molecule has 1 N–H and O–H groups in total. The van der Waals surface area contributed by atoms with Gasteiger partial charge in [-0.15, -0.1) is 6.58 Å². The topological polar surface area (TPSA) is 12.0 Å². The van der Waals surface area contributed by atoms with Crippen molar-refractivity contribution in [3.8, 4) is 0 Å². The van der Waals surface area contributed by atoms with Crippen molar-refractivity contribution in [3.05, 3.63) is 47.5 Å². The fourth-order valence-corrected chi connectivity index (χ4v) is 2.43. The molecule has 16 heavy (non-hydrogen) atoms. The smallest absolute Gasteiger partial charge is 0.0323 e. The van der Waals surface area contributed by atoms with Crippen LogP contribution in [0.4, 0.5) is 0 Å². The van der Waals surface area contributed by atoms with Gasteiger partial charge in [-0.25, -0.2) is 0 Å². The van der Waals surface area contributed by atoms with Crippen LogP contribution in [0.1, 0.15) is 43.4 Å². The van der Waals surface area contributed by atoms with Crippen LogP contribution in [0.5, 0.6) is 0 Å². The Labute approximate surface area is 98.6 Å². The second-order valence-corrected chi connectivity index (χ2v) is 4.80. The Morgan fingerprint density at radius 2 is 2.25 bits per heavy atom. The van der Waals surface area contributed by atoms with Crippen LogP contribution in [0.25, 0.3) is 0 Å². The van der Waals surface area contributed by atoms with Gasteiger partial charge in [0.25, 0.3) is 0 Å². The average molecular weight is 215 g/mol. The summed E-state index contributed by atoms with van der Waals surface area (Å²) in [4.78, 5) is 0. The molecule has 1 heteroatoms. The van der Waals surface area contributed by atoms with Crippen LogP contribution in [0, 0.1) is 0 Å². The Hall–Kier alpha value is -1.08. The molecule has 0 radical (unpaired) electrons. The van der Waals surface area contributed by atoms with Gasteiger partial charge in [-0.2, -0.15) is 0 Å². The zero-order chi connectivity index (χ0) is 11.4. The number of aryl methyl sites for hydroxylation is 1.